The second-order valence-electron chi connectivity index (χ2n) is 5.34. The van der Waals surface area contributed by atoms with Gasteiger partial charge in [-0.15, -0.1) is 0 Å². The quantitative estimate of drug-likeness (QED) is 0.701. The maximum Gasteiger partial charge on any atom is 0.363 e. The van der Waals surface area contributed by atoms with Crippen LogP contribution in [0, 0.1) is 0 Å². The number of benzene rings is 1. The molecule has 0 fully saturated rings. The summed E-state index contributed by atoms with van der Waals surface area (Å²) >= 11 is 12.6. The smallest absolute Gasteiger partial charge is 0.170 e. The predicted molar refractivity (Wildman–Crippen MR) is 78.0 cm³/mol. The molecule has 0 saturated heterocycles. The molecule has 1 unspecified atom stereocenters. The molecular formula is C12H15BCl2Si. The second kappa shape index (κ2) is 3.94. The average molecular weight is 269 g/mol. The lowest BCUT2D eigenvalue weighted by atomic mass is 9.78. The fourth-order valence-electron chi connectivity index (χ4n) is 2.50. The molecule has 0 N–H and O–H groups in total. The monoisotopic (exact) mass is 268 g/mol. The SMILES string of the molecule is C[Si](C)(C)C1(B(Cl)Cl)C=Cc2ccccc21. The fraction of sp³-hybridized carbons (Fsp3) is 0.333. The zero-order chi connectivity index (χ0) is 12.0. The van der Waals surface area contributed by atoms with Crippen molar-refractivity contribution in [2.24, 2.45) is 0 Å². The molecule has 1 aromatic carbocycles. The van der Waals surface area contributed by atoms with Gasteiger partial charge in [-0.2, -0.15) is 22.9 Å². The molecule has 1 aliphatic rings. The van der Waals surface area contributed by atoms with Gasteiger partial charge in [0.05, 0.1) is 8.07 Å². The molecule has 16 heavy (non-hydrogen) atoms. The highest BCUT2D eigenvalue weighted by Crippen LogP contribution is 2.46. The molecule has 0 radical (unpaired) electrons. The van der Waals surface area contributed by atoms with Gasteiger partial charge in [0, 0.05) is 4.94 Å². The molecule has 0 spiro atoms. The summed E-state index contributed by atoms with van der Waals surface area (Å²) in [7, 11) is -1.54. The van der Waals surface area contributed by atoms with E-state index >= 15 is 0 Å². The Morgan fingerprint density at radius 2 is 1.75 bits per heavy atom. The van der Waals surface area contributed by atoms with Crippen LogP contribution in [0.5, 0.6) is 0 Å². The van der Waals surface area contributed by atoms with Crippen LogP contribution in [0.2, 0.25) is 19.6 Å². The molecule has 0 bridgehead atoms. The van der Waals surface area contributed by atoms with Crippen molar-refractivity contribution in [1.29, 1.82) is 0 Å². The second-order valence-corrected chi connectivity index (χ2v) is 11.8. The van der Waals surface area contributed by atoms with Gasteiger partial charge >= 0.3 is 5.54 Å². The standard InChI is InChI=1S/C12H15BCl2Si/c1-16(2,3)12(13(14)15)9-8-10-6-4-5-7-11(10)12/h4-9H,1-3H3. The summed E-state index contributed by atoms with van der Waals surface area (Å²) in [6.07, 6.45) is 4.37. The van der Waals surface area contributed by atoms with Crippen molar-refractivity contribution in [3.63, 3.8) is 0 Å². The first-order chi connectivity index (χ1) is 7.39. The van der Waals surface area contributed by atoms with Gasteiger partial charge < -0.3 is 0 Å². The van der Waals surface area contributed by atoms with Crippen molar-refractivity contribution in [3.05, 3.63) is 41.5 Å². The average Bonchev–Trinajstić information content (AvgIpc) is 2.56. The summed E-state index contributed by atoms with van der Waals surface area (Å²) in [6, 6.07) is 8.41. The highest BCUT2D eigenvalue weighted by molar-refractivity contribution is 7.38. The molecular weight excluding hydrogens is 254 g/mol. The summed E-state index contributed by atoms with van der Waals surface area (Å²) < 4.78 is 0. The minimum absolute atomic E-state index is 0.146. The molecule has 1 aromatic rings. The Balaban J connectivity index is 2.66. The van der Waals surface area contributed by atoms with Crippen LogP contribution in [-0.4, -0.2) is 13.6 Å². The Morgan fingerprint density at radius 1 is 1.12 bits per heavy atom. The van der Waals surface area contributed by atoms with E-state index in [1.165, 1.54) is 11.1 Å². The molecule has 0 aliphatic heterocycles. The Bertz CT molecular complexity index is 437. The van der Waals surface area contributed by atoms with Gasteiger partial charge in [0.25, 0.3) is 0 Å². The van der Waals surface area contributed by atoms with Crippen LogP contribution in [0.15, 0.2) is 30.3 Å². The van der Waals surface area contributed by atoms with Gasteiger partial charge in [-0.1, -0.05) is 56.1 Å². The molecule has 1 atom stereocenters. The topological polar surface area (TPSA) is 0 Å². The van der Waals surface area contributed by atoms with Crippen LogP contribution in [0.1, 0.15) is 11.1 Å². The first-order valence-corrected chi connectivity index (χ1v) is 9.84. The zero-order valence-electron chi connectivity index (χ0n) is 9.80. The van der Waals surface area contributed by atoms with Crippen molar-refractivity contribution >= 4 is 42.6 Å². The Labute approximate surface area is 109 Å². The summed E-state index contributed by atoms with van der Waals surface area (Å²) in [6.45, 7) is 6.95. The van der Waals surface area contributed by atoms with Crippen molar-refractivity contribution in [2.75, 3.05) is 0 Å². The van der Waals surface area contributed by atoms with Crippen LogP contribution in [-0.2, 0) is 4.94 Å². The third-order valence-electron chi connectivity index (χ3n) is 3.52. The molecule has 84 valence electrons. The lowest BCUT2D eigenvalue weighted by Gasteiger charge is -2.40. The third-order valence-corrected chi connectivity index (χ3v) is 7.78. The molecule has 4 heteroatoms. The molecule has 0 heterocycles. The number of hydrogen-bond acceptors (Lipinski definition) is 0. The number of rotatable bonds is 2. The van der Waals surface area contributed by atoms with E-state index in [4.69, 9.17) is 22.9 Å². The summed E-state index contributed by atoms with van der Waals surface area (Å²) in [4.78, 5) is -0.146. The van der Waals surface area contributed by atoms with Gasteiger partial charge in [-0.25, -0.2) is 0 Å². The highest BCUT2D eigenvalue weighted by Gasteiger charge is 2.52. The lowest BCUT2D eigenvalue weighted by Crippen LogP contribution is -2.53. The predicted octanol–water partition coefficient (Wildman–Crippen LogP) is 4.33. The largest absolute Gasteiger partial charge is 0.363 e. The molecule has 1 aliphatic carbocycles. The molecule has 2 rings (SSSR count). The Morgan fingerprint density at radius 3 is 2.31 bits per heavy atom. The van der Waals surface area contributed by atoms with E-state index in [0.717, 1.165) is 0 Å². The Hall–Kier alpha value is -0.178. The molecule has 0 saturated carbocycles. The van der Waals surface area contributed by atoms with Crippen molar-refractivity contribution in [3.8, 4) is 0 Å². The minimum atomic E-state index is -1.54. The molecule has 0 amide bonds. The van der Waals surface area contributed by atoms with E-state index in [1.807, 2.05) is 0 Å². The molecule has 0 aromatic heterocycles. The van der Waals surface area contributed by atoms with E-state index in [0.29, 0.717) is 0 Å². The van der Waals surface area contributed by atoms with Crippen LogP contribution >= 0.6 is 22.9 Å². The maximum absolute atomic E-state index is 6.30. The van der Waals surface area contributed by atoms with Crippen LogP contribution in [0.3, 0.4) is 0 Å². The Kier molecular flexibility index (Phi) is 3.02. The van der Waals surface area contributed by atoms with Gasteiger partial charge in [-0.3, -0.25) is 0 Å². The van der Waals surface area contributed by atoms with Crippen molar-refractivity contribution < 1.29 is 0 Å². The lowest BCUT2D eigenvalue weighted by molar-refractivity contribution is 1.04. The minimum Gasteiger partial charge on any atom is -0.170 e. The van der Waals surface area contributed by atoms with Crippen LogP contribution in [0.25, 0.3) is 6.08 Å². The van der Waals surface area contributed by atoms with E-state index in [-0.39, 0.29) is 10.5 Å². The first kappa shape index (κ1) is 12.3. The number of allylic oxidation sites excluding steroid dienone is 1. The first-order valence-electron chi connectivity index (χ1n) is 5.46. The van der Waals surface area contributed by atoms with Gasteiger partial charge in [0.15, 0.2) is 0 Å². The summed E-state index contributed by atoms with van der Waals surface area (Å²) in [5.41, 5.74) is 2.18. The van der Waals surface area contributed by atoms with Crippen LogP contribution in [0.4, 0.5) is 0 Å². The van der Waals surface area contributed by atoms with E-state index in [1.54, 1.807) is 0 Å². The maximum atomic E-state index is 6.30. The number of fused-ring (bicyclic) bond motifs is 1. The van der Waals surface area contributed by atoms with Gasteiger partial charge in [0.1, 0.15) is 0 Å². The third kappa shape index (κ3) is 1.59. The normalized spacial score (nSPS) is 23.3. The summed E-state index contributed by atoms with van der Waals surface area (Å²) in [5.74, 6) is 0. The van der Waals surface area contributed by atoms with Crippen LogP contribution < -0.4 is 0 Å². The zero-order valence-corrected chi connectivity index (χ0v) is 12.3. The van der Waals surface area contributed by atoms with Crippen molar-refractivity contribution in [1.82, 2.24) is 0 Å². The number of hydrogen-bond donors (Lipinski definition) is 0. The van der Waals surface area contributed by atoms with Gasteiger partial charge in [-0.05, 0) is 11.1 Å². The summed E-state index contributed by atoms with van der Waals surface area (Å²) in [5, 5.41) is 0. The highest BCUT2D eigenvalue weighted by atomic mass is 35.5. The molecule has 0 nitrogen and oxygen atoms in total. The van der Waals surface area contributed by atoms with E-state index in [2.05, 4.69) is 56.1 Å². The van der Waals surface area contributed by atoms with Gasteiger partial charge in [0.2, 0.25) is 0 Å². The number of halogens is 2. The van der Waals surface area contributed by atoms with E-state index in [9.17, 15) is 0 Å². The van der Waals surface area contributed by atoms with Crippen molar-refractivity contribution in [2.45, 2.75) is 24.6 Å². The van der Waals surface area contributed by atoms with E-state index < -0.39 is 8.07 Å². The fourth-order valence-corrected chi connectivity index (χ4v) is 7.12.